The minimum atomic E-state index is -0.616. The van der Waals surface area contributed by atoms with E-state index in [9.17, 15) is 9.18 Å². The van der Waals surface area contributed by atoms with Crippen LogP contribution in [-0.2, 0) is 4.79 Å². The number of aromatic amines is 1. The van der Waals surface area contributed by atoms with E-state index in [-0.39, 0.29) is 11.9 Å². The molecule has 3 N–H and O–H groups in total. The number of amides is 1. The number of hydrogen-bond acceptors (Lipinski definition) is 8. The second-order valence-electron chi connectivity index (χ2n) is 9.75. The van der Waals surface area contributed by atoms with Crippen molar-refractivity contribution in [3.8, 4) is 0 Å². The zero-order chi connectivity index (χ0) is 26.5. The number of halogens is 2. The van der Waals surface area contributed by atoms with Gasteiger partial charge in [-0.25, -0.2) is 4.98 Å². The molecule has 1 saturated heterocycles. The monoisotopic (exact) mass is 591 g/mol. The van der Waals surface area contributed by atoms with Gasteiger partial charge in [0.05, 0.1) is 28.6 Å². The summed E-state index contributed by atoms with van der Waals surface area (Å²) in [5, 5.41) is 18.1. The predicted octanol–water partition coefficient (Wildman–Crippen LogP) is 4.03. The first-order valence-corrected chi connectivity index (χ1v) is 13.4. The van der Waals surface area contributed by atoms with Gasteiger partial charge in [0.15, 0.2) is 5.82 Å². The topological polar surface area (TPSA) is 134 Å². The van der Waals surface area contributed by atoms with Crippen molar-refractivity contribution in [1.82, 2.24) is 39.3 Å². The average Bonchev–Trinajstić information content (AvgIpc) is 3.33. The third-order valence-corrected chi connectivity index (χ3v) is 7.42. The minimum Gasteiger partial charge on any atom is -0.326 e. The molecule has 14 heteroatoms. The van der Waals surface area contributed by atoms with Gasteiger partial charge in [0.2, 0.25) is 23.8 Å². The van der Waals surface area contributed by atoms with E-state index < -0.39 is 12.0 Å². The number of fused-ring (bicyclic) bond motifs is 1. The summed E-state index contributed by atoms with van der Waals surface area (Å²) in [4.78, 5) is 28.7. The van der Waals surface area contributed by atoms with Crippen LogP contribution >= 0.6 is 15.9 Å². The summed E-state index contributed by atoms with van der Waals surface area (Å²) < 4.78 is 17.8. The number of carbonyl (C=O) groups is 1. The minimum absolute atomic E-state index is 0.103. The molecule has 0 aromatic carbocycles. The van der Waals surface area contributed by atoms with Crippen LogP contribution in [0.2, 0.25) is 0 Å². The highest BCUT2D eigenvalue weighted by Crippen LogP contribution is 2.40. The fourth-order valence-corrected chi connectivity index (χ4v) is 5.22. The largest absolute Gasteiger partial charge is 0.326 e. The van der Waals surface area contributed by atoms with Gasteiger partial charge in [-0.15, -0.1) is 0 Å². The molecule has 7 rings (SSSR count). The van der Waals surface area contributed by atoms with Crippen molar-refractivity contribution in [3.63, 3.8) is 0 Å². The number of rotatable bonds is 7. The van der Waals surface area contributed by atoms with Crippen LogP contribution in [0.25, 0.3) is 5.65 Å². The van der Waals surface area contributed by atoms with E-state index in [1.165, 1.54) is 31.2 Å². The summed E-state index contributed by atoms with van der Waals surface area (Å²) in [6, 6.07) is 7.74. The summed E-state index contributed by atoms with van der Waals surface area (Å²) in [5.41, 5.74) is 2.19. The van der Waals surface area contributed by atoms with Gasteiger partial charge >= 0.3 is 0 Å². The van der Waals surface area contributed by atoms with Crippen LogP contribution in [0.4, 0.5) is 27.8 Å². The third kappa shape index (κ3) is 4.71. The summed E-state index contributed by atoms with van der Waals surface area (Å²) in [6.07, 6.45) is 9.56. The molecule has 0 bridgehead atoms. The van der Waals surface area contributed by atoms with Gasteiger partial charge in [0.25, 0.3) is 0 Å². The Morgan fingerprint density at radius 1 is 1.18 bits per heavy atom. The molecule has 198 valence electrons. The summed E-state index contributed by atoms with van der Waals surface area (Å²) in [7, 11) is 0. The fourth-order valence-electron chi connectivity index (χ4n) is 4.92. The molecular weight excluding hydrogens is 569 g/mol. The lowest BCUT2D eigenvalue weighted by atomic mass is 10.1. The first-order valence-electron chi connectivity index (χ1n) is 12.6. The van der Waals surface area contributed by atoms with Gasteiger partial charge < -0.3 is 15.5 Å². The summed E-state index contributed by atoms with van der Waals surface area (Å²) in [5.74, 6) is 1.24. The molecule has 1 aliphatic carbocycles. The van der Waals surface area contributed by atoms with Gasteiger partial charge in [-0.3, -0.25) is 19.0 Å². The third-order valence-electron chi connectivity index (χ3n) is 7.01. The molecule has 1 saturated carbocycles. The molecule has 6 heterocycles. The maximum Gasteiger partial charge on any atom is 0.247 e. The van der Waals surface area contributed by atoms with Crippen LogP contribution in [0.5, 0.6) is 0 Å². The number of nitrogens with zero attached hydrogens (tertiary/aromatic N) is 8. The Kier molecular flexibility index (Phi) is 5.76. The maximum absolute atomic E-state index is 13.5. The Hall–Kier alpha value is -4.33. The predicted molar refractivity (Wildman–Crippen MR) is 144 cm³/mol. The lowest BCUT2D eigenvalue weighted by Gasteiger charge is -2.24. The molecule has 0 unspecified atom stereocenters. The Morgan fingerprint density at radius 2 is 2.08 bits per heavy atom. The molecule has 12 nitrogen and oxygen atoms in total. The Morgan fingerprint density at radius 3 is 2.85 bits per heavy atom. The molecular formula is C25H23BrFN11O. The molecule has 5 aromatic heterocycles. The van der Waals surface area contributed by atoms with Crippen LogP contribution < -0.4 is 15.5 Å². The summed E-state index contributed by atoms with van der Waals surface area (Å²) in [6.45, 7) is 0.457. The highest BCUT2D eigenvalue weighted by molar-refractivity contribution is 9.10. The number of pyridine rings is 1. The van der Waals surface area contributed by atoms with Gasteiger partial charge in [-0.05, 0) is 53.0 Å². The fraction of sp³-hybridized carbons (Fsp3) is 0.280. The molecule has 2 fully saturated rings. The molecule has 2 aliphatic rings. The second kappa shape index (κ2) is 9.45. The first kappa shape index (κ1) is 23.8. The van der Waals surface area contributed by atoms with E-state index in [0.717, 1.165) is 10.2 Å². The lowest BCUT2D eigenvalue weighted by molar-refractivity contribution is -0.117. The van der Waals surface area contributed by atoms with Gasteiger partial charge in [0, 0.05) is 43.0 Å². The van der Waals surface area contributed by atoms with E-state index in [4.69, 9.17) is 9.97 Å². The summed E-state index contributed by atoms with van der Waals surface area (Å²) >= 11 is 3.45. The van der Waals surface area contributed by atoms with E-state index >= 15 is 0 Å². The number of carbonyl (C=O) groups excluding carboxylic acids is 1. The van der Waals surface area contributed by atoms with Crippen molar-refractivity contribution >= 4 is 50.9 Å². The van der Waals surface area contributed by atoms with E-state index in [0.29, 0.717) is 47.9 Å². The van der Waals surface area contributed by atoms with Gasteiger partial charge in [-0.1, -0.05) is 0 Å². The van der Waals surface area contributed by atoms with Crippen LogP contribution in [-0.4, -0.2) is 57.8 Å². The Labute approximate surface area is 229 Å². The SMILES string of the molecule is O=C(Nc1ccc(F)nc1)[C@@H]1C[C@H](n2cc(Br)cn2)CN1c1nc(Nc2cc(C3CC3)[nH]n2)n2cccc2n1. The quantitative estimate of drug-likeness (QED) is 0.242. The smallest absolute Gasteiger partial charge is 0.247 e. The molecule has 0 radical (unpaired) electrons. The number of aromatic nitrogens is 8. The molecule has 2 atom stereocenters. The number of anilines is 4. The van der Waals surface area contributed by atoms with Crippen molar-refractivity contribution in [2.24, 2.45) is 0 Å². The van der Waals surface area contributed by atoms with Crippen molar-refractivity contribution in [3.05, 3.63) is 71.2 Å². The zero-order valence-electron chi connectivity index (χ0n) is 20.5. The Balaban J connectivity index is 1.23. The van der Waals surface area contributed by atoms with Gasteiger partial charge in [-0.2, -0.15) is 24.6 Å². The molecule has 1 aliphatic heterocycles. The first-order chi connectivity index (χ1) is 19.0. The van der Waals surface area contributed by atoms with Crippen molar-refractivity contribution in [2.45, 2.75) is 37.3 Å². The van der Waals surface area contributed by atoms with Crippen molar-refractivity contribution in [1.29, 1.82) is 0 Å². The molecule has 5 aromatic rings. The molecule has 39 heavy (non-hydrogen) atoms. The number of H-pyrrole nitrogens is 1. The van der Waals surface area contributed by atoms with Crippen LogP contribution in [0.1, 0.15) is 36.9 Å². The van der Waals surface area contributed by atoms with Crippen LogP contribution in [0.3, 0.4) is 0 Å². The second-order valence-corrected chi connectivity index (χ2v) is 10.7. The van der Waals surface area contributed by atoms with Crippen LogP contribution in [0.15, 0.2) is 59.6 Å². The maximum atomic E-state index is 13.5. The highest BCUT2D eigenvalue weighted by atomic mass is 79.9. The number of hydrogen-bond donors (Lipinski definition) is 3. The van der Waals surface area contributed by atoms with E-state index in [1.54, 1.807) is 6.20 Å². The van der Waals surface area contributed by atoms with E-state index in [2.05, 4.69) is 46.8 Å². The van der Waals surface area contributed by atoms with Crippen molar-refractivity contribution in [2.75, 3.05) is 22.1 Å². The molecule has 0 spiro atoms. The lowest BCUT2D eigenvalue weighted by Crippen LogP contribution is -2.40. The standard InChI is InChI=1S/C25H23BrFN11O/c26-15-10-29-38(12-15)17-8-19(23(39)30-16-5-6-20(27)28-11-16)37(13-17)25-32-22-2-1-7-36(22)24(33-25)31-21-9-18(34-35-21)14-3-4-14/h1-2,5-7,9-12,14,17,19H,3-4,8,13H2,(H,30,39)(H2,31,32,33,34,35)/t17-,19-/m0/s1. The van der Waals surface area contributed by atoms with Crippen molar-refractivity contribution < 1.29 is 9.18 Å². The highest BCUT2D eigenvalue weighted by Gasteiger charge is 2.40. The van der Waals surface area contributed by atoms with Gasteiger partial charge in [0.1, 0.15) is 11.7 Å². The van der Waals surface area contributed by atoms with E-state index in [1.807, 2.05) is 44.6 Å². The Bertz CT molecular complexity index is 1660. The zero-order valence-corrected chi connectivity index (χ0v) is 22.1. The van der Waals surface area contributed by atoms with Crippen LogP contribution in [0, 0.1) is 5.95 Å². The normalized spacial score (nSPS) is 19.1. The average molecular weight is 592 g/mol. The molecule has 1 amide bonds. The number of nitrogens with one attached hydrogen (secondary N) is 3.